The summed E-state index contributed by atoms with van der Waals surface area (Å²) in [7, 11) is 1.23. The van der Waals surface area contributed by atoms with Crippen molar-refractivity contribution < 1.29 is 29.0 Å². The molecule has 7 heteroatoms. The maximum Gasteiger partial charge on any atom is 0.326 e. The number of hydrogen-bond donors (Lipinski definition) is 2. The zero-order valence-electron chi connectivity index (χ0n) is 11.3. The van der Waals surface area contributed by atoms with Gasteiger partial charge in [0.25, 0.3) is 0 Å². The Morgan fingerprint density at radius 3 is 2.47 bits per heavy atom. The second kappa shape index (κ2) is 10.3. The number of amides is 1. The maximum atomic E-state index is 11.5. The van der Waals surface area contributed by atoms with E-state index < -0.39 is 18.0 Å². The summed E-state index contributed by atoms with van der Waals surface area (Å²) in [6, 6.07) is -1.07. The van der Waals surface area contributed by atoms with Gasteiger partial charge < -0.3 is 19.9 Å². The number of esters is 1. The van der Waals surface area contributed by atoms with E-state index in [1.54, 1.807) is 0 Å². The van der Waals surface area contributed by atoms with Crippen molar-refractivity contribution in [2.24, 2.45) is 0 Å². The average molecular weight is 275 g/mol. The number of nitrogens with one attached hydrogen (secondary N) is 1. The van der Waals surface area contributed by atoms with E-state index in [0.29, 0.717) is 19.6 Å². The van der Waals surface area contributed by atoms with Crippen LogP contribution in [0.1, 0.15) is 32.6 Å². The van der Waals surface area contributed by atoms with Crippen molar-refractivity contribution in [2.75, 3.05) is 20.3 Å². The minimum Gasteiger partial charge on any atom is -0.480 e. The van der Waals surface area contributed by atoms with Gasteiger partial charge in [-0.25, -0.2) is 4.79 Å². The van der Waals surface area contributed by atoms with Crippen LogP contribution in [0.15, 0.2) is 0 Å². The average Bonchev–Trinajstić information content (AvgIpc) is 2.38. The van der Waals surface area contributed by atoms with E-state index in [9.17, 15) is 14.4 Å². The molecule has 0 radical (unpaired) electrons. The smallest absolute Gasteiger partial charge is 0.326 e. The van der Waals surface area contributed by atoms with Gasteiger partial charge in [0, 0.05) is 26.1 Å². The van der Waals surface area contributed by atoms with E-state index in [0.717, 1.165) is 0 Å². The Morgan fingerprint density at radius 2 is 1.95 bits per heavy atom. The van der Waals surface area contributed by atoms with Crippen molar-refractivity contribution >= 4 is 17.8 Å². The van der Waals surface area contributed by atoms with Gasteiger partial charge in [0.05, 0.1) is 7.11 Å². The molecule has 19 heavy (non-hydrogen) atoms. The Balaban J connectivity index is 4.01. The fourth-order valence-corrected chi connectivity index (χ4v) is 1.37. The highest BCUT2D eigenvalue weighted by Crippen LogP contribution is 2.01. The van der Waals surface area contributed by atoms with Crippen LogP contribution in [0.25, 0.3) is 0 Å². The topological polar surface area (TPSA) is 102 Å². The fraction of sp³-hybridized carbons (Fsp3) is 0.750. The second-order valence-corrected chi connectivity index (χ2v) is 3.87. The van der Waals surface area contributed by atoms with Gasteiger partial charge in [-0.05, 0) is 19.8 Å². The molecule has 1 atom stereocenters. The standard InChI is InChI=1S/C12H21NO6/c1-3-19-8-4-5-10(14)13-9(12(16)17)6-7-11(15)18-2/h9H,3-8H2,1-2H3,(H,13,14)(H,16,17)/t9-/m1/s1. The lowest BCUT2D eigenvalue weighted by atomic mass is 10.1. The zero-order valence-corrected chi connectivity index (χ0v) is 11.3. The Kier molecular flexibility index (Phi) is 9.42. The summed E-state index contributed by atoms with van der Waals surface area (Å²) >= 11 is 0. The molecule has 0 unspecified atom stereocenters. The van der Waals surface area contributed by atoms with Crippen LogP contribution in [-0.2, 0) is 23.9 Å². The number of carboxylic acids is 1. The van der Waals surface area contributed by atoms with Crippen LogP contribution in [0.4, 0.5) is 0 Å². The molecular weight excluding hydrogens is 254 g/mol. The van der Waals surface area contributed by atoms with Gasteiger partial charge >= 0.3 is 11.9 Å². The first-order chi connectivity index (χ1) is 9.01. The highest BCUT2D eigenvalue weighted by molar-refractivity contribution is 5.83. The van der Waals surface area contributed by atoms with Crippen LogP contribution in [0.5, 0.6) is 0 Å². The molecular formula is C12H21NO6. The van der Waals surface area contributed by atoms with Crippen LogP contribution in [0, 0.1) is 0 Å². The Bertz CT molecular complexity index is 305. The number of carbonyl (C=O) groups is 3. The summed E-state index contributed by atoms with van der Waals surface area (Å²) in [4.78, 5) is 33.3. The summed E-state index contributed by atoms with van der Waals surface area (Å²) in [5.41, 5.74) is 0. The van der Waals surface area contributed by atoms with Crippen molar-refractivity contribution in [2.45, 2.75) is 38.6 Å². The van der Waals surface area contributed by atoms with Crippen LogP contribution in [0.3, 0.4) is 0 Å². The van der Waals surface area contributed by atoms with Gasteiger partial charge in [-0.15, -0.1) is 0 Å². The first-order valence-corrected chi connectivity index (χ1v) is 6.18. The molecule has 0 heterocycles. The molecule has 0 spiro atoms. The molecule has 1 amide bonds. The minimum absolute atomic E-state index is 0.0131. The number of rotatable bonds is 10. The van der Waals surface area contributed by atoms with E-state index in [-0.39, 0.29) is 25.2 Å². The van der Waals surface area contributed by atoms with Gasteiger partial charge in [0.15, 0.2) is 0 Å². The SMILES string of the molecule is CCOCCCC(=O)N[C@H](CCC(=O)OC)C(=O)O. The number of aliphatic carboxylic acids is 1. The van der Waals surface area contributed by atoms with Crippen molar-refractivity contribution in [3.05, 3.63) is 0 Å². The summed E-state index contributed by atoms with van der Waals surface area (Å²) in [6.07, 6.45) is 0.691. The normalized spacial score (nSPS) is 11.7. The van der Waals surface area contributed by atoms with Gasteiger partial charge in [0.2, 0.25) is 5.91 Å². The third-order valence-electron chi connectivity index (χ3n) is 2.39. The number of carboxylic acid groups (broad SMARTS) is 1. The lowest BCUT2D eigenvalue weighted by Crippen LogP contribution is -2.41. The van der Waals surface area contributed by atoms with Crippen molar-refractivity contribution in [3.8, 4) is 0 Å². The molecule has 0 aromatic carbocycles. The van der Waals surface area contributed by atoms with Crippen molar-refractivity contribution in [1.29, 1.82) is 0 Å². The largest absolute Gasteiger partial charge is 0.480 e. The second-order valence-electron chi connectivity index (χ2n) is 3.87. The predicted molar refractivity (Wildman–Crippen MR) is 66.5 cm³/mol. The molecule has 0 aromatic rings. The van der Waals surface area contributed by atoms with Crippen molar-refractivity contribution in [3.63, 3.8) is 0 Å². The lowest BCUT2D eigenvalue weighted by Gasteiger charge is -2.13. The Hall–Kier alpha value is -1.63. The molecule has 7 nitrogen and oxygen atoms in total. The van der Waals surface area contributed by atoms with E-state index in [2.05, 4.69) is 10.1 Å². The Morgan fingerprint density at radius 1 is 1.26 bits per heavy atom. The lowest BCUT2D eigenvalue weighted by molar-refractivity contribution is -0.144. The predicted octanol–water partition coefficient (Wildman–Crippen LogP) is 0.326. The van der Waals surface area contributed by atoms with Crippen LogP contribution in [0.2, 0.25) is 0 Å². The van der Waals surface area contributed by atoms with E-state index >= 15 is 0 Å². The molecule has 0 aromatic heterocycles. The molecule has 0 rings (SSSR count). The third-order valence-corrected chi connectivity index (χ3v) is 2.39. The molecule has 0 aliphatic heterocycles. The van der Waals surface area contributed by atoms with Crippen LogP contribution in [-0.4, -0.2) is 49.3 Å². The number of hydrogen-bond acceptors (Lipinski definition) is 5. The third kappa shape index (κ3) is 9.01. The first-order valence-electron chi connectivity index (χ1n) is 6.18. The highest BCUT2D eigenvalue weighted by atomic mass is 16.5. The van der Waals surface area contributed by atoms with Crippen LogP contribution >= 0.6 is 0 Å². The first kappa shape index (κ1) is 17.4. The summed E-state index contributed by atoms with van der Waals surface area (Å²) < 4.78 is 9.49. The zero-order chi connectivity index (χ0) is 14.7. The van der Waals surface area contributed by atoms with Crippen molar-refractivity contribution in [1.82, 2.24) is 5.32 Å². The molecule has 0 aliphatic carbocycles. The van der Waals surface area contributed by atoms with Gasteiger partial charge in [0.1, 0.15) is 6.04 Å². The number of methoxy groups -OCH3 is 1. The molecule has 0 saturated heterocycles. The molecule has 110 valence electrons. The Labute approximate surface area is 112 Å². The summed E-state index contributed by atoms with van der Waals surface area (Å²) in [5.74, 6) is -2.03. The molecule has 0 bridgehead atoms. The fourth-order valence-electron chi connectivity index (χ4n) is 1.37. The summed E-state index contributed by atoms with van der Waals surface area (Å²) in [5, 5.41) is 11.3. The minimum atomic E-state index is -1.16. The quantitative estimate of drug-likeness (QED) is 0.440. The highest BCUT2D eigenvalue weighted by Gasteiger charge is 2.20. The van der Waals surface area contributed by atoms with E-state index in [1.165, 1.54) is 7.11 Å². The molecule has 0 fully saturated rings. The van der Waals surface area contributed by atoms with E-state index in [4.69, 9.17) is 9.84 Å². The van der Waals surface area contributed by atoms with Gasteiger partial charge in [-0.2, -0.15) is 0 Å². The molecule has 2 N–H and O–H groups in total. The number of carbonyl (C=O) groups excluding carboxylic acids is 2. The molecule has 0 saturated carbocycles. The molecule has 0 aliphatic rings. The van der Waals surface area contributed by atoms with Crippen LogP contribution < -0.4 is 5.32 Å². The summed E-state index contributed by atoms with van der Waals surface area (Å²) in [6.45, 7) is 2.90. The maximum absolute atomic E-state index is 11.5. The monoisotopic (exact) mass is 275 g/mol. The van der Waals surface area contributed by atoms with Gasteiger partial charge in [-0.3, -0.25) is 9.59 Å². The van der Waals surface area contributed by atoms with E-state index in [1.807, 2.05) is 6.92 Å². The number of ether oxygens (including phenoxy) is 2. The van der Waals surface area contributed by atoms with Gasteiger partial charge in [-0.1, -0.05) is 0 Å².